The summed E-state index contributed by atoms with van der Waals surface area (Å²) >= 11 is 0. The van der Waals surface area contributed by atoms with E-state index in [-0.39, 0.29) is 0 Å². The van der Waals surface area contributed by atoms with Crippen LogP contribution < -0.4 is 5.73 Å². The van der Waals surface area contributed by atoms with E-state index >= 15 is 0 Å². The highest BCUT2D eigenvalue weighted by Crippen LogP contribution is 2.18. The number of hydrogen-bond acceptors (Lipinski definition) is 3. The monoisotopic (exact) mass is 211 g/mol. The lowest BCUT2D eigenvalue weighted by Gasteiger charge is -2.41. The highest BCUT2D eigenvalue weighted by molar-refractivity contribution is 4.89. The first-order chi connectivity index (χ1) is 7.27. The van der Waals surface area contributed by atoms with E-state index in [1.165, 1.54) is 51.9 Å². The van der Waals surface area contributed by atoms with Crippen molar-refractivity contribution in [3.05, 3.63) is 0 Å². The van der Waals surface area contributed by atoms with Crippen LogP contribution in [0.1, 0.15) is 32.1 Å². The number of rotatable bonds is 1. The molecule has 2 atom stereocenters. The molecule has 2 aliphatic heterocycles. The summed E-state index contributed by atoms with van der Waals surface area (Å²) in [6, 6.07) is 1.01. The summed E-state index contributed by atoms with van der Waals surface area (Å²) in [6.45, 7) is 4.88. The Kier molecular flexibility index (Phi) is 4.00. The van der Waals surface area contributed by atoms with E-state index in [4.69, 9.17) is 5.73 Å². The van der Waals surface area contributed by atoms with Gasteiger partial charge in [0.05, 0.1) is 0 Å². The zero-order chi connectivity index (χ0) is 10.7. The fraction of sp³-hybridized carbons (Fsp3) is 1.00. The van der Waals surface area contributed by atoms with Crippen LogP contribution in [0.4, 0.5) is 0 Å². The van der Waals surface area contributed by atoms with Gasteiger partial charge in [0.15, 0.2) is 0 Å². The molecule has 2 N–H and O–H groups in total. The van der Waals surface area contributed by atoms with Gasteiger partial charge in [-0.05, 0) is 45.9 Å². The maximum atomic E-state index is 6.25. The van der Waals surface area contributed by atoms with E-state index in [9.17, 15) is 0 Å². The molecule has 2 heterocycles. The maximum Gasteiger partial charge on any atom is 0.0374 e. The van der Waals surface area contributed by atoms with Crippen LogP contribution in [0.25, 0.3) is 0 Å². The van der Waals surface area contributed by atoms with E-state index in [0.717, 1.165) is 6.42 Å². The predicted molar refractivity (Wildman–Crippen MR) is 63.9 cm³/mol. The van der Waals surface area contributed by atoms with Crippen molar-refractivity contribution in [3.8, 4) is 0 Å². The molecule has 0 aromatic carbocycles. The van der Waals surface area contributed by atoms with E-state index in [0.29, 0.717) is 12.1 Å². The molecule has 2 fully saturated rings. The molecule has 3 heteroatoms. The summed E-state index contributed by atoms with van der Waals surface area (Å²) in [6.07, 6.45) is 6.72. The van der Waals surface area contributed by atoms with Crippen LogP contribution >= 0.6 is 0 Å². The molecule has 0 saturated carbocycles. The van der Waals surface area contributed by atoms with Crippen molar-refractivity contribution in [2.24, 2.45) is 5.73 Å². The topological polar surface area (TPSA) is 32.5 Å². The number of hydrogen-bond donors (Lipinski definition) is 1. The number of likely N-dealkylation sites (tertiary alicyclic amines) is 2. The smallest absolute Gasteiger partial charge is 0.0374 e. The van der Waals surface area contributed by atoms with Gasteiger partial charge in [-0.1, -0.05) is 12.8 Å². The van der Waals surface area contributed by atoms with Gasteiger partial charge in [0.25, 0.3) is 0 Å². The summed E-state index contributed by atoms with van der Waals surface area (Å²) in [4.78, 5) is 5.08. The van der Waals surface area contributed by atoms with Crippen LogP contribution in [-0.2, 0) is 0 Å². The molecule has 2 saturated heterocycles. The third kappa shape index (κ3) is 2.92. The zero-order valence-electron chi connectivity index (χ0n) is 9.99. The lowest BCUT2D eigenvalue weighted by Crippen LogP contribution is -2.57. The van der Waals surface area contributed by atoms with Gasteiger partial charge < -0.3 is 10.6 Å². The molecule has 15 heavy (non-hydrogen) atoms. The third-order valence-corrected chi connectivity index (χ3v) is 3.95. The van der Waals surface area contributed by atoms with Crippen molar-refractivity contribution < 1.29 is 0 Å². The Bertz CT molecular complexity index is 187. The van der Waals surface area contributed by atoms with Crippen molar-refractivity contribution >= 4 is 0 Å². The molecule has 88 valence electrons. The average molecular weight is 211 g/mol. The van der Waals surface area contributed by atoms with Gasteiger partial charge in [-0.3, -0.25) is 4.90 Å². The average Bonchev–Trinajstić information content (AvgIpc) is 2.50. The molecule has 0 spiro atoms. The highest BCUT2D eigenvalue weighted by Gasteiger charge is 2.29. The molecule has 2 rings (SSSR count). The molecule has 0 radical (unpaired) electrons. The lowest BCUT2D eigenvalue weighted by molar-refractivity contribution is 0.0977. The number of likely N-dealkylation sites (N-methyl/N-ethyl adjacent to an activating group) is 1. The van der Waals surface area contributed by atoms with E-state index in [1.807, 2.05) is 0 Å². The van der Waals surface area contributed by atoms with Gasteiger partial charge in [-0.25, -0.2) is 0 Å². The van der Waals surface area contributed by atoms with E-state index < -0.39 is 0 Å². The Balaban J connectivity index is 1.93. The Hall–Kier alpha value is -0.120. The minimum absolute atomic E-state index is 0.402. The Labute approximate surface area is 93.6 Å². The minimum Gasteiger partial charge on any atom is -0.326 e. The van der Waals surface area contributed by atoms with Crippen molar-refractivity contribution in [1.82, 2.24) is 9.80 Å². The first-order valence-corrected chi connectivity index (χ1v) is 6.45. The lowest BCUT2D eigenvalue weighted by atomic mass is 9.99. The van der Waals surface area contributed by atoms with Gasteiger partial charge in [-0.2, -0.15) is 0 Å². The van der Waals surface area contributed by atoms with Crippen LogP contribution in [0.2, 0.25) is 0 Å². The summed E-state index contributed by atoms with van der Waals surface area (Å²) in [5.41, 5.74) is 6.25. The molecule has 3 nitrogen and oxygen atoms in total. The Morgan fingerprint density at radius 3 is 2.33 bits per heavy atom. The molecule has 2 unspecified atom stereocenters. The van der Waals surface area contributed by atoms with Crippen LogP contribution in [0, 0.1) is 0 Å². The summed E-state index contributed by atoms with van der Waals surface area (Å²) in [5, 5.41) is 0. The van der Waals surface area contributed by atoms with Gasteiger partial charge >= 0.3 is 0 Å². The molecule has 2 aliphatic rings. The fourth-order valence-electron chi connectivity index (χ4n) is 2.92. The molecule has 0 aromatic rings. The quantitative estimate of drug-likeness (QED) is 0.699. The fourth-order valence-corrected chi connectivity index (χ4v) is 2.92. The maximum absolute atomic E-state index is 6.25. The SMILES string of the molecule is CN1CCC(N)C(N2CCCCCC2)C1. The third-order valence-electron chi connectivity index (χ3n) is 3.95. The summed E-state index contributed by atoms with van der Waals surface area (Å²) in [5.74, 6) is 0. The summed E-state index contributed by atoms with van der Waals surface area (Å²) < 4.78 is 0. The van der Waals surface area contributed by atoms with Crippen LogP contribution in [-0.4, -0.2) is 55.1 Å². The minimum atomic E-state index is 0.402. The first kappa shape index (κ1) is 11.4. The molecule has 0 aromatic heterocycles. The van der Waals surface area contributed by atoms with E-state index in [2.05, 4.69) is 16.8 Å². The zero-order valence-corrected chi connectivity index (χ0v) is 9.99. The van der Waals surface area contributed by atoms with Gasteiger partial charge in [0.1, 0.15) is 0 Å². The van der Waals surface area contributed by atoms with Crippen molar-refractivity contribution in [2.45, 2.75) is 44.2 Å². The van der Waals surface area contributed by atoms with Crippen LogP contribution in [0.15, 0.2) is 0 Å². The first-order valence-electron chi connectivity index (χ1n) is 6.45. The highest BCUT2D eigenvalue weighted by atomic mass is 15.2. The molecule has 0 bridgehead atoms. The van der Waals surface area contributed by atoms with Gasteiger partial charge in [0.2, 0.25) is 0 Å². The second-order valence-corrected chi connectivity index (χ2v) is 5.23. The number of nitrogens with zero attached hydrogens (tertiary/aromatic N) is 2. The number of nitrogens with two attached hydrogens (primary N) is 1. The standard InChI is InChI=1S/C12H25N3/c1-14-9-6-11(13)12(10-14)15-7-4-2-3-5-8-15/h11-12H,2-10,13H2,1H3. The molecule has 0 aliphatic carbocycles. The Morgan fingerprint density at radius 1 is 1.00 bits per heavy atom. The van der Waals surface area contributed by atoms with Crippen molar-refractivity contribution in [3.63, 3.8) is 0 Å². The van der Waals surface area contributed by atoms with Crippen LogP contribution in [0.3, 0.4) is 0 Å². The summed E-state index contributed by atoms with van der Waals surface area (Å²) in [7, 11) is 2.22. The second-order valence-electron chi connectivity index (χ2n) is 5.23. The predicted octanol–water partition coefficient (Wildman–Crippen LogP) is 0.894. The molecular formula is C12H25N3. The van der Waals surface area contributed by atoms with Crippen molar-refractivity contribution in [1.29, 1.82) is 0 Å². The molecule has 0 amide bonds. The van der Waals surface area contributed by atoms with Gasteiger partial charge in [0, 0.05) is 18.6 Å². The van der Waals surface area contributed by atoms with Gasteiger partial charge in [-0.15, -0.1) is 0 Å². The van der Waals surface area contributed by atoms with E-state index in [1.54, 1.807) is 0 Å². The second kappa shape index (κ2) is 5.28. The largest absolute Gasteiger partial charge is 0.326 e. The molecular weight excluding hydrogens is 186 g/mol. The van der Waals surface area contributed by atoms with Crippen LogP contribution in [0.5, 0.6) is 0 Å². The van der Waals surface area contributed by atoms with Crippen molar-refractivity contribution in [2.75, 3.05) is 33.2 Å². The normalized spacial score (nSPS) is 36.4. The number of piperidine rings is 1. The Morgan fingerprint density at radius 2 is 1.67 bits per heavy atom.